The highest BCUT2D eigenvalue weighted by molar-refractivity contribution is 5.94. The van der Waals surface area contributed by atoms with E-state index in [1.54, 1.807) is 11.0 Å². The van der Waals surface area contributed by atoms with Crippen LogP contribution in [0.5, 0.6) is 0 Å². The molecule has 1 aromatic heterocycles. The Morgan fingerprint density at radius 3 is 2.77 bits per heavy atom. The molecule has 0 unspecified atom stereocenters. The van der Waals surface area contributed by atoms with Crippen LogP contribution in [0.15, 0.2) is 30.5 Å². The highest BCUT2D eigenvalue weighted by Gasteiger charge is 2.33. The molecule has 0 aliphatic carbocycles. The highest BCUT2D eigenvalue weighted by atomic mass is 19.4. The van der Waals surface area contributed by atoms with E-state index in [0.29, 0.717) is 24.0 Å². The van der Waals surface area contributed by atoms with E-state index < -0.39 is 23.8 Å². The topological polar surface area (TPSA) is 53.4 Å². The Bertz CT molecular complexity index is 730. The molecule has 7 heteroatoms. The summed E-state index contributed by atoms with van der Waals surface area (Å²) in [6.45, 7) is 0.567. The zero-order valence-electron chi connectivity index (χ0n) is 11.5. The van der Waals surface area contributed by atoms with Gasteiger partial charge in [0.05, 0.1) is 11.1 Å². The number of pyridine rings is 1. The second-order valence-electron chi connectivity index (χ2n) is 5.25. The average molecular weight is 310 g/mol. The Kier molecular flexibility index (Phi) is 3.42. The van der Waals surface area contributed by atoms with Gasteiger partial charge in [-0.2, -0.15) is 13.2 Å². The van der Waals surface area contributed by atoms with Gasteiger partial charge in [0.25, 0.3) is 0 Å². The molecule has 0 bridgehead atoms. The van der Waals surface area contributed by atoms with Gasteiger partial charge in [-0.25, -0.2) is 4.79 Å². The molecule has 1 aliphatic heterocycles. The maximum Gasteiger partial charge on any atom is 0.416 e. The van der Waals surface area contributed by atoms with Crippen molar-refractivity contribution >= 4 is 22.6 Å². The summed E-state index contributed by atoms with van der Waals surface area (Å²) >= 11 is 0. The smallest absolute Gasteiger partial charge is 0.416 e. The molecule has 1 aromatic carbocycles. The van der Waals surface area contributed by atoms with E-state index in [1.165, 1.54) is 12.3 Å². The largest absolute Gasteiger partial charge is 0.480 e. The van der Waals surface area contributed by atoms with E-state index in [0.717, 1.165) is 18.6 Å². The Hall–Kier alpha value is -2.31. The first kappa shape index (κ1) is 14.6. The van der Waals surface area contributed by atoms with Crippen molar-refractivity contribution in [3.63, 3.8) is 0 Å². The minimum Gasteiger partial charge on any atom is -0.480 e. The first-order valence-corrected chi connectivity index (χ1v) is 6.83. The van der Waals surface area contributed by atoms with E-state index in [2.05, 4.69) is 4.98 Å². The molecule has 1 fully saturated rings. The number of hydrogen-bond acceptors (Lipinski definition) is 3. The van der Waals surface area contributed by atoms with Gasteiger partial charge < -0.3 is 10.0 Å². The number of nitrogens with zero attached hydrogens (tertiary/aromatic N) is 2. The lowest BCUT2D eigenvalue weighted by atomic mass is 10.1. The molecule has 1 N–H and O–H groups in total. The van der Waals surface area contributed by atoms with Crippen LogP contribution < -0.4 is 4.90 Å². The summed E-state index contributed by atoms with van der Waals surface area (Å²) < 4.78 is 38.3. The zero-order chi connectivity index (χ0) is 15.9. The fourth-order valence-electron chi connectivity index (χ4n) is 2.87. The van der Waals surface area contributed by atoms with Crippen LogP contribution >= 0.6 is 0 Å². The second-order valence-corrected chi connectivity index (χ2v) is 5.25. The average Bonchev–Trinajstić information content (AvgIpc) is 2.94. The summed E-state index contributed by atoms with van der Waals surface area (Å²) in [5, 5.41) is 9.79. The lowest BCUT2D eigenvalue weighted by Gasteiger charge is -2.25. The van der Waals surface area contributed by atoms with Gasteiger partial charge in [-0.1, -0.05) is 6.07 Å². The number of anilines is 1. The molecule has 3 rings (SSSR count). The van der Waals surface area contributed by atoms with Crippen LogP contribution in [-0.4, -0.2) is 28.6 Å². The number of halogens is 3. The molecule has 2 aromatic rings. The number of fused-ring (bicyclic) bond motifs is 1. The summed E-state index contributed by atoms with van der Waals surface area (Å²) in [5.74, 6) is -0.922. The molecule has 0 saturated carbocycles. The van der Waals surface area contributed by atoms with E-state index in [4.69, 9.17) is 0 Å². The molecule has 1 saturated heterocycles. The normalized spacial score (nSPS) is 18.9. The van der Waals surface area contributed by atoms with Gasteiger partial charge >= 0.3 is 12.1 Å². The van der Waals surface area contributed by atoms with Gasteiger partial charge in [0.15, 0.2) is 0 Å². The molecule has 116 valence electrons. The second kappa shape index (κ2) is 5.15. The number of carbonyl (C=O) groups is 1. The van der Waals surface area contributed by atoms with E-state index in [1.807, 2.05) is 0 Å². The quantitative estimate of drug-likeness (QED) is 0.924. The van der Waals surface area contributed by atoms with Crippen molar-refractivity contribution in [3.8, 4) is 0 Å². The number of aliphatic carboxylic acids is 1. The van der Waals surface area contributed by atoms with Crippen molar-refractivity contribution in [2.75, 3.05) is 11.4 Å². The Labute approximate surface area is 124 Å². The number of carboxylic acid groups (broad SMARTS) is 1. The lowest BCUT2D eigenvalue weighted by molar-refractivity contribution is -0.138. The molecule has 22 heavy (non-hydrogen) atoms. The van der Waals surface area contributed by atoms with Crippen LogP contribution in [0, 0.1) is 0 Å². The summed E-state index contributed by atoms with van der Waals surface area (Å²) in [7, 11) is 0. The van der Waals surface area contributed by atoms with Gasteiger partial charge in [0, 0.05) is 23.8 Å². The fourth-order valence-corrected chi connectivity index (χ4v) is 2.87. The molecular weight excluding hydrogens is 297 g/mol. The molecular formula is C15H13F3N2O2. The van der Waals surface area contributed by atoms with Crippen LogP contribution in [0.1, 0.15) is 18.4 Å². The van der Waals surface area contributed by atoms with Crippen molar-refractivity contribution in [2.24, 2.45) is 0 Å². The van der Waals surface area contributed by atoms with Crippen molar-refractivity contribution in [3.05, 3.63) is 36.0 Å². The Balaban J connectivity index is 2.10. The van der Waals surface area contributed by atoms with Crippen molar-refractivity contribution in [2.45, 2.75) is 25.1 Å². The fraction of sp³-hybridized carbons (Fsp3) is 0.333. The monoisotopic (exact) mass is 310 g/mol. The predicted molar refractivity (Wildman–Crippen MR) is 74.7 cm³/mol. The predicted octanol–water partition coefficient (Wildman–Crippen LogP) is 3.31. The third-order valence-electron chi connectivity index (χ3n) is 3.89. The van der Waals surface area contributed by atoms with Crippen LogP contribution in [0.2, 0.25) is 0 Å². The summed E-state index contributed by atoms with van der Waals surface area (Å²) in [6.07, 6.45) is -1.75. The number of rotatable bonds is 2. The van der Waals surface area contributed by atoms with E-state index >= 15 is 0 Å². The molecule has 0 amide bonds. The molecule has 1 aliphatic rings. The molecule has 2 heterocycles. The maximum atomic E-state index is 12.8. The number of hydrogen-bond donors (Lipinski definition) is 1. The molecule has 0 radical (unpaired) electrons. The summed E-state index contributed by atoms with van der Waals surface area (Å²) in [4.78, 5) is 17.0. The highest BCUT2D eigenvalue weighted by Crippen LogP contribution is 2.35. The number of alkyl halides is 3. The summed E-state index contributed by atoms with van der Waals surface area (Å²) in [6, 6.07) is 4.35. The van der Waals surface area contributed by atoms with Gasteiger partial charge in [0.1, 0.15) is 6.04 Å². The zero-order valence-corrected chi connectivity index (χ0v) is 11.5. The van der Waals surface area contributed by atoms with Crippen molar-refractivity contribution in [1.29, 1.82) is 0 Å². The first-order valence-electron chi connectivity index (χ1n) is 6.83. The van der Waals surface area contributed by atoms with Gasteiger partial charge in [-0.05, 0) is 31.0 Å². The van der Waals surface area contributed by atoms with Crippen LogP contribution in [-0.2, 0) is 11.0 Å². The van der Waals surface area contributed by atoms with Crippen molar-refractivity contribution in [1.82, 2.24) is 4.98 Å². The van der Waals surface area contributed by atoms with Crippen LogP contribution in [0.3, 0.4) is 0 Å². The summed E-state index contributed by atoms with van der Waals surface area (Å²) in [5.41, 5.74) is 0.0628. The van der Waals surface area contributed by atoms with Crippen LogP contribution in [0.4, 0.5) is 18.9 Å². The number of benzene rings is 1. The standard InChI is InChI=1S/C15H13F3N2O2/c16-15(17,18)9-3-4-10-11(8-9)19-6-5-12(10)20-7-1-2-13(20)14(21)22/h3-6,8,13H,1-2,7H2,(H,21,22)/t13-/m0/s1. The minimum atomic E-state index is -4.43. The van der Waals surface area contributed by atoms with Crippen molar-refractivity contribution < 1.29 is 23.1 Å². The molecule has 4 nitrogen and oxygen atoms in total. The first-order chi connectivity index (χ1) is 10.4. The van der Waals surface area contributed by atoms with Crippen LogP contribution in [0.25, 0.3) is 10.9 Å². The van der Waals surface area contributed by atoms with Gasteiger partial charge in [0.2, 0.25) is 0 Å². The number of aromatic nitrogens is 1. The minimum absolute atomic E-state index is 0.211. The Morgan fingerprint density at radius 1 is 1.32 bits per heavy atom. The van der Waals surface area contributed by atoms with E-state index in [-0.39, 0.29) is 5.52 Å². The SMILES string of the molecule is O=C(O)[C@@H]1CCCN1c1ccnc2cc(C(F)(F)F)ccc12. The third kappa shape index (κ3) is 2.47. The Morgan fingerprint density at radius 2 is 2.09 bits per heavy atom. The maximum absolute atomic E-state index is 12.8. The molecule has 1 atom stereocenters. The molecule has 0 spiro atoms. The lowest BCUT2D eigenvalue weighted by Crippen LogP contribution is -2.36. The van der Waals surface area contributed by atoms with Gasteiger partial charge in [-0.15, -0.1) is 0 Å². The number of carboxylic acids is 1. The van der Waals surface area contributed by atoms with E-state index in [9.17, 15) is 23.1 Å². The third-order valence-corrected chi connectivity index (χ3v) is 3.89. The van der Waals surface area contributed by atoms with Gasteiger partial charge in [-0.3, -0.25) is 4.98 Å².